The van der Waals surface area contributed by atoms with E-state index in [-0.39, 0.29) is 0 Å². The van der Waals surface area contributed by atoms with Crippen LogP contribution < -0.4 is 4.74 Å². The van der Waals surface area contributed by atoms with Gasteiger partial charge in [-0.05, 0) is 28.1 Å². The molecule has 15 heavy (non-hydrogen) atoms. The highest BCUT2D eigenvalue weighted by molar-refractivity contribution is 9.10. The predicted molar refractivity (Wildman–Crippen MR) is 62.4 cm³/mol. The highest BCUT2D eigenvalue weighted by Gasteiger charge is 2.09. The van der Waals surface area contributed by atoms with Crippen LogP contribution in [-0.2, 0) is 7.05 Å². The molecule has 0 unspecified atom stereocenters. The maximum Gasteiger partial charge on any atom is 0.179 e. The number of benzene rings is 1. The fourth-order valence-corrected chi connectivity index (χ4v) is 1.57. The van der Waals surface area contributed by atoms with E-state index in [1.165, 1.54) is 0 Å². The zero-order chi connectivity index (χ0) is 10.8. The molecule has 2 rings (SSSR count). The molecule has 0 N–H and O–H groups in total. The summed E-state index contributed by atoms with van der Waals surface area (Å²) >= 11 is 9.33. The lowest BCUT2D eigenvalue weighted by Gasteiger charge is -2.05. The first-order valence-electron chi connectivity index (χ1n) is 4.28. The Balaban J connectivity index is 2.30. The van der Waals surface area contributed by atoms with Crippen molar-refractivity contribution in [2.75, 3.05) is 0 Å². The highest BCUT2D eigenvalue weighted by atomic mass is 79.9. The fraction of sp³-hybridized carbons (Fsp3) is 0.100. The lowest BCUT2D eigenvalue weighted by molar-refractivity contribution is 0.478. The van der Waals surface area contributed by atoms with Crippen molar-refractivity contribution in [2.24, 2.45) is 7.05 Å². The van der Waals surface area contributed by atoms with Crippen LogP contribution in [0.4, 0.5) is 0 Å². The molecule has 0 amide bonds. The molecule has 0 radical (unpaired) electrons. The predicted octanol–water partition coefficient (Wildman–Crippen LogP) is 3.63. The summed E-state index contributed by atoms with van der Waals surface area (Å²) in [4.78, 5) is 0. The van der Waals surface area contributed by atoms with Crippen LogP contribution in [0.25, 0.3) is 0 Å². The SMILES string of the molecule is Cn1ncc(Oc2ccccc2Cl)c1Br. The quantitative estimate of drug-likeness (QED) is 0.843. The van der Waals surface area contributed by atoms with Gasteiger partial charge in [0.2, 0.25) is 0 Å². The van der Waals surface area contributed by atoms with Crippen LogP contribution in [0.2, 0.25) is 5.02 Å². The third-order valence-electron chi connectivity index (χ3n) is 1.89. The maximum atomic E-state index is 5.97. The van der Waals surface area contributed by atoms with E-state index in [9.17, 15) is 0 Å². The Labute approximate surface area is 101 Å². The molecular weight excluding hydrogens is 279 g/mol. The number of hydrogen-bond acceptors (Lipinski definition) is 2. The minimum atomic E-state index is 0.577. The van der Waals surface area contributed by atoms with Crippen molar-refractivity contribution in [3.8, 4) is 11.5 Å². The summed E-state index contributed by atoms with van der Waals surface area (Å²) in [6.45, 7) is 0. The molecule has 0 aliphatic rings. The van der Waals surface area contributed by atoms with Gasteiger partial charge in [-0.1, -0.05) is 23.7 Å². The smallest absolute Gasteiger partial charge is 0.179 e. The lowest BCUT2D eigenvalue weighted by atomic mass is 10.3. The number of ether oxygens (including phenoxy) is 1. The van der Waals surface area contributed by atoms with Crippen LogP contribution in [0.3, 0.4) is 0 Å². The zero-order valence-electron chi connectivity index (χ0n) is 7.95. The number of para-hydroxylation sites is 1. The van der Waals surface area contributed by atoms with Gasteiger partial charge in [0.05, 0.1) is 11.2 Å². The molecule has 1 heterocycles. The van der Waals surface area contributed by atoms with Gasteiger partial charge < -0.3 is 4.74 Å². The number of rotatable bonds is 2. The van der Waals surface area contributed by atoms with Gasteiger partial charge in [0.15, 0.2) is 5.75 Å². The van der Waals surface area contributed by atoms with Crippen LogP contribution in [0, 0.1) is 0 Å². The lowest BCUT2D eigenvalue weighted by Crippen LogP contribution is -1.89. The van der Waals surface area contributed by atoms with E-state index >= 15 is 0 Å². The van der Waals surface area contributed by atoms with Crippen LogP contribution >= 0.6 is 27.5 Å². The van der Waals surface area contributed by atoms with Crippen molar-refractivity contribution in [2.45, 2.75) is 0 Å². The molecule has 3 nitrogen and oxygen atoms in total. The number of aromatic nitrogens is 2. The van der Waals surface area contributed by atoms with E-state index in [0.29, 0.717) is 16.5 Å². The normalized spacial score (nSPS) is 10.3. The first-order valence-corrected chi connectivity index (χ1v) is 5.45. The maximum absolute atomic E-state index is 5.97. The van der Waals surface area contributed by atoms with E-state index in [0.717, 1.165) is 4.60 Å². The van der Waals surface area contributed by atoms with E-state index < -0.39 is 0 Å². The summed E-state index contributed by atoms with van der Waals surface area (Å²) in [7, 11) is 1.82. The van der Waals surface area contributed by atoms with Gasteiger partial charge in [0, 0.05) is 7.05 Å². The molecule has 0 saturated carbocycles. The second-order valence-corrected chi connectivity index (χ2v) is 4.11. The summed E-state index contributed by atoms with van der Waals surface area (Å²) in [5.74, 6) is 1.26. The minimum absolute atomic E-state index is 0.577. The minimum Gasteiger partial charge on any atom is -0.451 e. The molecule has 1 aromatic heterocycles. The Kier molecular flexibility index (Phi) is 2.98. The molecule has 0 aliphatic carbocycles. The molecule has 0 aliphatic heterocycles. The van der Waals surface area contributed by atoms with Gasteiger partial charge in [-0.15, -0.1) is 0 Å². The topological polar surface area (TPSA) is 27.1 Å². The summed E-state index contributed by atoms with van der Waals surface area (Å²) in [5.41, 5.74) is 0. The highest BCUT2D eigenvalue weighted by Crippen LogP contribution is 2.32. The van der Waals surface area contributed by atoms with Crippen molar-refractivity contribution in [3.05, 3.63) is 40.1 Å². The Morgan fingerprint density at radius 3 is 2.67 bits per heavy atom. The van der Waals surface area contributed by atoms with Crippen molar-refractivity contribution in [3.63, 3.8) is 0 Å². The molecule has 2 aromatic rings. The molecule has 0 atom stereocenters. The van der Waals surface area contributed by atoms with Gasteiger partial charge in [0.1, 0.15) is 10.4 Å². The summed E-state index contributed by atoms with van der Waals surface area (Å²) in [6.07, 6.45) is 1.63. The van der Waals surface area contributed by atoms with Crippen molar-refractivity contribution in [1.82, 2.24) is 9.78 Å². The average Bonchev–Trinajstić information content (AvgIpc) is 2.53. The van der Waals surface area contributed by atoms with Crippen LogP contribution in [-0.4, -0.2) is 9.78 Å². The number of hydrogen-bond donors (Lipinski definition) is 0. The zero-order valence-corrected chi connectivity index (χ0v) is 10.3. The van der Waals surface area contributed by atoms with Gasteiger partial charge in [0.25, 0.3) is 0 Å². The Hall–Kier alpha value is -1.000. The molecule has 0 saturated heterocycles. The van der Waals surface area contributed by atoms with Crippen molar-refractivity contribution < 1.29 is 4.74 Å². The second-order valence-electron chi connectivity index (χ2n) is 2.96. The van der Waals surface area contributed by atoms with E-state index in [1.54, 1.807) is 16.9 Å². The summed E-state index contributed by atoms with van der Waals surface area (Å²) < 4.78 is 8.05. The number of halogens is 2. The fourth-order valence-electron chi connectivity index (χ4n) is 1.12. The van der Waals surface area contributed by atoms with Gasteiger partial charge in [-0.3, -0.25) is 4.68 Å². The standard InChI is InChI=1S/C10H8BrClN2O/c1-14-10(11)9(6-13-14)15-8-5-3-2-4-7(8)12/h2-6H,1H3. The third kappa shape index (κ3) is 2.16. The molecule has 78 valence electrons. The number of nitrogens with zero attached hydrogens (tertiary/aromatic N) is 2. The Bertz CT molecular complexity index is 484. The molecular formula is C10H8BrClN2O. The van der Waals surface area contributed by atoms with Crippen LogP contribution in [0.5, 0.6) is 11.5 Å². The molecule has 0 bridgehead atoms. The molecule has 0 fully saturated rings. The van der Waals surface area contributed by atoms with Crippen LogP contribution in [0.15, 0.2) is 35.1 Å². The van der Waals surface area contributed by atoms with Gasteiger partial charge in [-0.25, -0.2) is 0 Å². The Morgan fingerprint density at radius 1 is 1.33 bits per heavy atom. The second kappa shape index (κ2) is 4.24. The summed E-state index contributed by atoms with van der Waals surface area (Å²) in [6, 6.07) is 7.31. The van der Waals surface area contributed by atoms with E-state index in [2.05, 4.69) is 21.0 Å². The van der Waals surface area contributed by atoms with Crippen molar-refractivity contribution in [1.29, 1.82) is 0 Å². The average molecular weight is 288 g/mol. The number of aryl methyl sites for hydroxylation is 1. The molecule has 1 aromatic carbocycles. The third-order valence-corrected chi connectivity index (χ3v) is 3.11. The van der Waals surface area contributed by atoms with Gasteiger partial charge >= 0.3 is 0 Å². The van der Waals surface area contributed by atoms with Crippen molar-refractivity contribution >= 4 is 27.5 Å². The molecule has 5 heteroatoms. The van der Waals surface area contributed by atoms with E-state index in [4.69, 9.17) is 16.3 Å². The van der Waals surface area contributed by atoms with Gasteiger partial charge in [-0.2, -0.15) is 5.10 Å². The Morgan fingerprint density at radius 2 is 2.07 bits per heavy atom. The van der Waals surface area contributed by atoms with Crippen LogP contribution in [0.1, 0.15) is 0 Å². The largest absolute Gasteiger partial charge is 0.451 e. The first-order chi connectivity index (χ1) is 7.18. The van der Waals surface area contributed by atoms with E-state index in [1.807, 2.05) is 25.2 Å². The monoisotopic (exact) mass is 286 g/mol. The molecule has 0 spiro atoms. The summed E-state index contributed by atoms with van der Waals surface area (Å²) in [5, 5.41) is 4.62. The first kappa shape index (κ1) is 10.5.